The molecule has 0 radical (unpaired) electrons. The van der Waals surface area contributed by atoms with Crippen LogP contribution in [-0.2, 0) is 13.1 Å². The lowest BCUT2D eigenvalue weighted by Gasteiger charge is -2.09. The Morgan fingerprint density at radius 3 is 2.54 bits per heavy atom. The summed E-state index contributed by atoms with van der Waals surface area (Å²) in [6.45, 7) is 1.38. The van der Waals surface area contributed by atoms with Crippen molar-refractivity contribution in [2.45, 2.75) is 13.1 Å². The Morgan fingerprint density at radius 1 is 1.00 bits per heavy atom. The molecule has 1 aromatic heterocycles. The second kappa shape index (κ2) is 8.73. The Balaban J connectivity index is 1.62. The normalized spacial score (nSPS) is 10.8. The molecule has 0 aliphatic heterocycles. The maximum atomic E-state index is 6.27. The molecule has 0 amide bonds. The van der Waals surface area contributed by atoms with Crippen LogP contribution in [0.1, 0.15) is 10.6 Å². The van der Waals surface area contributed by atoms with E-state index >= 15 is 0 Å². The first kappa shape index (κ1) is 19.0. The van der Waals surface area contributed by atoms with Crippen LogP contribution in [0.5, 0.6) is 11.5 Å². The van der Waals surface area contributed by atoms with Crippen molar-refractivity contribution in [3.05, 3.63) is 63.2 Å². The highest BCUT2D eigenvalue weighted by Gasteiger charge is 2.09. The second-order valence-electron chi connectivity index (χ2n) is 5.54. The maximum absolute atomic E-state index is 6.27. The van der Waals surface area contributed by atoms with Gasteiger partial charge in [-0.15, -0.1) is 11.3 Å². The Hall–Kier alpha value is -1.79. The molecule has 0 aliphatic rings. The van der Waals surface area contributed by atoms with E-state index in [1.807, 2.05) is 36.5 Å². The predicted molar refractivity (Wildman–Crippen MR) is 108 cm³/mol. The van der Waals surface area contributed by atoms with Gasteiger partial charge >= 0.3 is 0 Å². The Kier molecular flexibility index (Phi) is 6.38. The molecule has 0 aliphatic carbocycles. The highest BCUT2D eigenvalue weighted by atomic mass is 35.5. The van der Waals surface area contributed by atoms with E-state index in [1.54, 1.807) is 31.6 Å². The van der Waals surface area contributed by atoms with E-state index in [2.05, 4.69) is 10.3 Å². The van der Waals surface area contributed by atoms with E-state index in [-0.39, 0.29) is 0 Å². The molecular formula is C19H18Cl2N2O2S. The molecule has 2 aromatic carbocycles. The average molecular weight is 409 g/mol. The van der Waals surface area contributed by atoms with Gasteiger partial charge in [0.1, 0.15) is 5.01 Å². The number of methoxy groups -OCH3 is 2. The van der Waals surface area contributed by atoms with Crippen molar-refractivity contribution < 1.29 is 9.47 Å². The Bertz CT molecular complexity index is 899. The van der Waals surface area contributed by atoms with Crippen molar-refractivity contribution in [1.29, 1.82) is 0 Å². The van der Waals surface area contributed by atoms with E-state index < -0.39 is 0 Å². The van der Waals surface area contributed by atoms with E-state index in [0.29, 0.717) is 23.1 Å². The summed E-state index contributed by atoms with van der Waals surface area (Å²) in [7, 11) is 3.26. The molecule has 0 saturated heterocycles. The third-order valence-electron chi connectivity index (χ3n) is 3.80. The standard InChI is InChI=1S/C19H18Cl2N2O2S/c1-24-16-6-3-12(7-17(16)25-2)9-22-11-19-23-10-18(26-19)14-5-4-13(20)8-15(14)21/h3-8,10,22H,9,11H2,1-2H3. The van der Waals surface area contributed by atoms with Gasteiger partial charge in [-0.1, -0.05) is 35.3 Å². The molecule has 26 heavy (non-hydrogen) atoms. The third-order valence-corrected chi connectivity index (χ3v) is 5.38. The summed E-state index contributed by atoms with van der Waals surface area (Å²) in [5.41, 5.74) is 2.06. The number of hydrogen-bond acceptors (Lipinski definition) is 5. The fourth-order valence-corrected chi connectivity index (χ4v) is 4.00. The first-order chi connectivity index (χ1) is 12.6. The zero-order chi connectivity index (χ0) is 18.5. The van der Waals surface area contributed by atoms with Gasteiger partial charge in [0, 0.05) is 29.9 Å². The lowest BCUT2D eigenvalue weighted by Crippen LogP contribution is -2.12. The number of nitrogens with zero attached hydrogens (tertiary/aromatic N) is 1. The summed E-state index contributed by atoms with van der Waals surface area (Å²) in [4.78, 5) is 5.49. The molecule has 0 unspecified atom stereocenters. The lowest BCUT2D eigenvalue weighted by molar-refractivity contribution is 0.354. The smallest absolute Gasteiger partial charge is 0.161 e. The zero-order valence-electron chi connectivity index (χ0n) is 14.4. The SMILES string of the molecule is COc1ccc(CNCc2ncc(-c3ccc(Cl)cc3Cl)s2)cc1OC. The summed E-state index contributed by atoms with van der Waals surface area (Å²) < 4.78 is 10.6. The number of thiazole rings is 1. The van der Waals surface area contributed by atoms with Gasteiger partial charge in [0.05, 0.1) is 24.1 Å². The molecule has 3 aromatic rings. The van der Waals surface area contributed by atoms with Crippen LogP contribution in [-0.4, -0.2) is 19.2 Å². The van der Waals surface area contributed by atoms with Crippen LogP contribution in [0.3, 0.4) is 0 Å². The molecule has 0 saturated carbocycles. The van der Waals surface area contributed by atoms with Crippen molar-refractivity contribution in [2.24, 2.45) is 0 Å². The molecule has 4 nitrogen and oxygen atoms in total. The molecule has 1 heterocycles. The lowest BCUT2D eigenvalue weighted by atomic mass is 10.2. The first-order valence-electron chi connectivity index (χ1n) is 7.92. The molecule has 0 bridgehead atoms. The number of hydrogen-bond donors (Lipinski definition) is 1. The predicted octanol–water partition coefficient (Wildman–Crippen LogP) is 5.42. The molecule has 0 fully saturated rings. The van der Waals surface area contributed by atoms with Gasteiger partial charge in [-0.3, -0.25) is 0 Å². The minimum Gasteiger partial charge on any atom is -0.493 e. The molecule has 136 valence electrons. The van der Waals surface area contributed by atoms with Crippen molar-refractivity contribution in [1.82, 2.24) is 10.3 Å². The van der Waals surface area contributed by atoms with Crippen molar-refractivity contribution >= 4 is 34.5 Å². The van der Waals surface area contributed by atoms with Crippen LogP contribution in [0, 0.1) is 0 Å². The highest BCUT2D eigenvalue weighted by Crippen LogP contribution is 2.34. The van der Waals surface area contributed by atoms with Crippen LogP contribution in [0.25, 0.3) is 10.4 Å². The largest absolute Gasteiger partial charge is 0.493 e. The summed E-state index contributed by atoms with van der Waals surface area (Å²) >= 11 is 13.8. The van der Waals surface area contributed by atoms with Crippen LogP contribution >= 0.6 is 34.5 Å². The van der Waals surface area contributed by atoms with Gasteiger partial charge in [0.15, 0.2) is 11.5 Å². The van der Waals surface area contributed by atoms with E-state index in [9.17, 15) is 0 Å². The second-order valence-corrected chi connectivity index (χ2v) is 7.49. The van der Waals surface area contributed by atoms with Gasteiger partial charge in [-0.25, -0.2) is 4.98 Å². The van der Waals surface area contributed by atoms with Gasteiger partial charge in [0.2, 0.25) is 0 Å². The van der Waals surface area contributed by atoms with Crippen molar-refractivity contribution in [2.75, 3.05) is 14.2 Å². The summed E-state index contributed by atoms with van der Waals surface area (Å²) in [5.74, 6) is 1.45. The fraction of sp³-hybridized carbons (Fsp3) is 0.211. The number of aromatic nitrogens is 1. The van der Waals surface area contributed by atoms with E-state index in [1.165, 1.54) is 0 Å². The highest BCUT2D eigenvalue weighted by molar-refractivity contribution is 7.15. The number of nitrogens with one attached hydrogen (secondary N) is 1. The summed E-state index contributed by atoms with van der Waals surface area (Å²) in [6, 6.07) is 11.4. The first-order valence-corrected chi connectivity index (χ1v) is 9.49. The van der Waals surface area contributed by atoms with Crippen molar-refractivity contribution in [3.8, 4) is 21.9 Å². The van der Waals surface area contributed by atoms with E-state index in [4.69, 9.17) is 32.7 Å². The Morgan fingerprint density at radius 2 is 1.81 bits per heavy atom. The van der Waals surface area contributed by atoms with E-state index in [0.717, 1.165) is 32.5 Å². The fourth-order valence-electron chi connectivity index (χ4n) is 2.51. The summed E-state index contributed by atoms with van der Waals surface area (Å²) in [5, 5.41) is 5.64. The molecule has 3 rings (SSSR count). The van der Waals surface area contributed by atoms with Gasteiger partial charge < -0.3 is 14.8 Å². The maximum Gasteiger partial charge on any atom is 0.161 e. The topological polar surface area (TPSA) is 43.4 Å². The molecule has 0 spiro atoms. The van der Waals surface area contributed by atoms with Crippen LogP contribution in [0.15, 0.2) is 42.6 Å². The monoisotopic (exact) mass is 408 g/mol. The number of halogens is 2. The molecule has 1 N–H and O–H groups in total. The number of rotatable bonds is 7. The van der Waals surface area contributed by atoms with Crippen LogP contribution in [0.2, 0.25) is 10.0 Å². The van der Waals surface area contributed by atoms with Gasteiger partial charge in [-0.2, -0.15) is 0 Å². The van der Waals surface area contributed by atoms with Crippen molar-refractivity contribution in [3.63, 3.8) is 0 Å². The zero-order valence-corrected chi connectivity index (χ0v) is 16.7. The quantitative estimate of drug-likeness (QED) is 0.566. The van der Waals surface area contributed by atoms with Gasteiger partial charge in [0.25, 0.3) is 0 Å². The third kappa shape index (κ3) is 4.48. The Labute approximate surface area is 166 Å². The summed E-state index contributed by atoms with van der Waals surface area (Å²) in [6.07, 6.45) is 1.84. The number of benzene rings is 2. The van der Waals surface area contributed by atoms with Gasteiger partial charge in [-0.05, 0) is 29.8 Å². The van der Waals surface area contributed by atoms with Crippen LogP contribution in [0.4, 0.5) is 0 Å². The van der Waals surface area contributed by atoms with Crippen LogP contribution < -0.4 is 14.8 Å². The number of ether oxygens (including phenoxy) is 2. The molecule has 0 atom stereocenters. The molecule has 7 heteroatoms. The molecular weight excluding hydrogens is 391 g/mol. The minimum atomic E-state index is 0.625. The minimum absolute atomic E-state index is 0.625. The average Bonchev–Trinajstić information content (AvgIpc) is 3.10.